The highest BCUT2D eigenvalue weighted by Crippen LogP contribution is 2.32. The first-order valence-electron chi connectivity index (χ1n) is 7.51. The molecule has 1 aromatic carbocycles. The summed E-state index contributed by atoms with van der Waals surface area (Å²) in [5.74, 6) is 0.555. The number of hydrogen-bond acceptors (Lipinski definition) is 5. The molecule has 0 atom stereocenters. The van der Waals surface area contributed by atoms with E-state index in [9.17, 15) is 13.2 Å². The van der Waals surface area contributed by atoms with Gasteiger partial charge in [0.25, 0.3) is 0 Å². The zero-order chi connectivity index (χ0) is 17.2. The van der Waals surface area contributed by atoms with Gasteiger partial charge in [0, 0.05) is 12.6 Å². The second kappa shape index (κ2) is 6.64. The van der Waals surface area contributed by atoms with Crippen molar-refractivity contribution in [2.75, 3.05) is 17.5 Å². The van der Waals surface area contributed by atoms with Crippen LogP contribution in [0.5, 0.6) is 0 Å². The summed E-state index contributed by atoms with van der Waals surface area (Å²) < 4.78 is 37.9. The van der Waals surface area contributed by atoms with E-state index >= 15 is 0 Å². The highest BCUT2D eigenvalue weighted by Gasteiger charge is 2.32. The molecule has 0 radical (unpaired) electrons. The van der Waals surface area contributed by atoms with Gasteiger partial charge in [0.15, 0.2) is 0 Å². The van der Waals surface area contributed by atoms with Crippen LogP contribution in [0.1, 0.15) is 24.0 Å². The van der Waals surface area contributed by atoms with E-state index in [2.05, 4.69) is 15.4 Å². The van der Waals surface area contributed by atoms with Crippen LogP contribution in [-0.4, -0.2) is 23.1 Å². The maximum Gasteiger partial charge on any atom is 0.416 e. The molecule has 2 aromatic rings. The maximum atomic E-state index is 12.6. The summed E-state index contributed by atoms with van der Waals surface area (Å²) in [6.07, 6.45) is 0.952. The quantitative estimate of drug-likeness (QED) is 0.815. The van der Waals surface area contributed by atoms with Gasteiger partial charge in [-0.25, -0.2) is 9.97 Å². The number of aromatic nitrogens is 2. The standard InChI is InChI=1S/C16H17F3N4O/c1-24-22-13-8-20-15(21-9-13)23(14-6-7-14)10-11-2-4-12(5-3-11)16(17,18)19/h2-5,8-9,14,22H,6-7,10H2,1H3. The Morgan fingerprint density at radius 3 is 2.29 bits per heavy atom. The van der Waals surface area contributed by atoms with Crippen LogP contribution in [0.2, 0.25) is 0 Å². The van der Waals surface area contributed by atoms with Crippen molar-refractivity contribution in [2.24, 2.45) is 0 Å². The molecule has 3 rings (SSSR count). The second-order valence-electron chi connectivity index (χ2n) is 5.63. The van der Waals surface area contributed by atoms with Crippen molar-refractivity contribution in [2.45, 2.75) is 31.6 Å². The lowest BCUT2D eigenvalue weighted by Crippen LogP contribution is -2.27. The highest BCUT2D eigenvalue weighted by molar-refractivity contribution is 5.42. The summed E-state index contributed by atoms with van der Waals surface area (Å²) in [7, 11) is 1.50. The Kier molecular flexibility index (Phi) is 4.57. The van der Waals surface area contributed by atoms with Crippen LogP contribution in [0, 0.1) is 0 Å². The number of alkyl halides is 3. The van der Waals surface area contributed by atoms with E-state index in [1.54, 1.807) is 12.4 Å². The monoisotopic (exact) mass is 338 g/mol. The van der Waals surface area contributed by atoms with Gasteiger partial charge in [-0.1, -0.05) is 12.1 Å². The molecule has 1 aliphatic carbocycles. The largest absolute Gasteiger partial charge is 0.416 e. The molecule has 0 unspecified atom stereocenters. The smallest absolute Gasteiger partial charge is 0.334 e. The van der Waals surface area contributed by atoms with E-state index in [1.807, 2.05) is 4.90 Å². The molecule has 0 bridgehead atoms. The molecule has 1 aromatic heterocycles. The van der Waals surface area contributed by atoms with Crippen LogP contribution >= 0.6 is 0 Å². The van der Waals surface area contributed by atoms with Crippen molar-refractivity contribution in [3.63, 3.8) is 0 Å². The number of halogens is 3. The van der Waals surface area contributed by atoms with E-state index in [1.165, 1.54) is 19.2 Å². The summed E-state index contributed by atoms with van der Waals surface area (Å²) in [5.41, 5.74) is 3.42. The SMILES string of the molecule is CONc1cnc(N(Cc2ccc(C(F)(F)F)cc2)C2CC2)nc1. The molecule has 24 heavy (non-hydrogen) atoms. The summed E-state index contributed by atoms with van der Waals surface area (Å²) in [4.78, 5) is 15.4. The lowest BCUT2D eigenvalue weighted by Gasteiger charge is -2.22. The minimum Gasteiger partial charge on any atom is -0.334 e. The third kappa shape index (κ3) is 3.94. The average molecular weight is 338 g/mol. The molecule has 0 amide bonds. The maximum absolute atomic E-state index is 12.6. The Hall–Kier alpha value is -2.35. The molecule has 0 aliphatic heterocycles. The molecule has 1 fully saturated rings. The van der Waals surface area contributed by atoms with Crippen LogP contribution < -0.4 is 10.4 Å². The topological polar surface area (TPSA) is 50.3 Å². The lowest BCUT2D eigenvalue weighted by atomic mass is 10.1. The van der Waals surface area contributed by atoms with Gasteiger partial charge in [-0.2, -0.15) is 13.2 Å². The molecule has 0 spiro atoms. The molecule has 128 valence electrons. The predicted octanol–water partition coefficient (Wildman–Crippen LogP) is 3.64. The number of nitrogens with zero attached hydrogens (tertiary/aromatic N) is 3. The number of anilines is 2. The molecule has 8 heteroatoms. The minimum atomic E-state index is -4.32. The summed E-state index contributed by atoms with van der Waals surface area (Å²) >= 11 is 0. The summed E-state index contributed by atoms with van der Waals surface area (Å²) in [5, 5.41) is 0. The van der Waals surface area contributed by atoms with Crippen LogP contribution in [0.3, 0.4) is 0 Å². The van der Waals surface area contributed by atoms with Crippen molar-refractivity contribution in [1.82, 2.24) is 9.97 Å². The van der Waals surface area contributed by atoms with Gasteiger partial charge in [0.05, 0.1) is 30.8 Å². The van der Waals surface area contributed by atoms with E-state index in [4.69, 9.17) is 4.84 Å². The molecular formula is C16H17F3N4O. The third-order valence-corrected chi connectivity index (χ3v) is 3.74. The second-order valence-corrected chi connectivity index (χ2v) is 5.63. The van der Waals surface area contributed by atoms with Gasteiger partial charge in [-0.05, 0) is 30.5 Å². The number of nitrogens with one attached hydrogen (secondary N) is 1. The zero-order valence-electron chi connectivity index (χ0n) is 13.0. The Morgan fingerprint density at radius 2 is 1.79 bits per heavy atom. The van der Waals surface area contributed by atoms with E-state index in [0.29, 0.717) is 24.2 Å². The Labute approximate surface area is 137 Å². The van der Waals surface area contributed by atoms with Crippen LogP contribution in [0.25, 0.3) is 0 Å². The van der Waals surface area contributed by atoms with Crippen molar-refractivity contribution >= 4 is 11.6 Å². The zero-order valence-corrected chi connectivity index (χ0v) is 13.0. The van der Waals surface area contributed by atoms with Gasteiger partial charge in [-0.3, -0.25) is 10.3 Å². The highest BCUT2D eigenvalue weighted by atomic mass is 19.4. The first kappa shape index (κ1) is 16.5. The Bertz CT molecular complexity index is 669. The molecular weight excluding hydrogens is 321 g/mol. The molecule has 1 aliphatic rings. The summed E-state index contributed by atoms with van der Waals surface area (Å²) in [6.45, 7) is 0.472. The van der Waals surface area contributed by atoms with Gasteiger partial charge in [-0.15, -0.1) is 0 Å². The normalized spacial score (nSPS) is 14.5. The van der Waals surface area contributed by atoms with Crippen molar-refractivity contribution in [3.05, 3.63) is 47.8 Å². The molecule has 1 N–H and O–H groups in total. The fourth-order valence-electron chi connectivity index (χ4n) is 2.39. The van der Waals surface area contributed by atoms with Crippen LogP contribution in [0.15, 0.2) is 36.7 Å². The Morgan fingerprint density at radius 1 is 1.17 bits per heavy atom. The van der Waals surface area contributed by atoms with Crippen molar-refractivity contribution < 1.29 is 18.0 Å². The van der Waals surface area contributed by atoms with E-state index < -0.39 is 11.7 Å². The average Bonchev–Trinajstić information content (AvgIpc) is 3.38. The van der Waals surface area contributed by atoms with Crippen LogP contribution in [0.4, 0.5) is 24.8 Å². The molecule has 1 heterocycles. The Balaban J connectivity index is 1.74. The number of benzene rings is 1. The van der Waals surface area contributed by atoms with Crippen LogP contribution in [-0.2, 0) is 17.6 Å². The van der Waals surface area contributed by atoms with Crippen molar-refractivity contribution in [1.29, 1.82) is 0 Å². The number of rotatable bonds is 6. The fourth-order valence-corrected chi connectivity index (χ4v) is 2.39. The fraction of sp³-hybridized carbons (Fsp3) is 0.375. The summed E-state index contributed by atoms with van der Waals surface area (Å²) in [6, 6.07) is 5.53. The predicted molar refractivity (Wildman–Crippen MR) is 83.3 cm³/mol. The molecule has 0 saturated heterocycles. The van der Waals surface area contributed by atoms with E-state index in [0.717, 1.165) is 30.5 Å². The van der Waals surface area contributed by atoms with Gasteiger partial charge in [0.2, 0.25) is 5.95 Å². The first-order valence-corrected chi connectivity index (χ1v) is 7.51. The third-order valence-electron chi connectivity index (χ3n) is 3.74. The molecule has 1 saturated carbocycles. The van der Waals surface area contributed by atoms with Gasteiger partial charge < -0.3 is 4.90 Å². The lowest BCUT2D eigenvalue weighted by molar-refractivity contribution is -0.137. The number of hydrogen-bond donors (Lipinski definition) is 1. The van der Waals surface area contributed by atoms with E-state index in [-0.39, 0.29) is 0 Å². The van der Waals surface area contributed by atoms with Gasteiger partial charge in [0.1, 0.15) is 0 Å². The van der Waals surface area contributed by atoms with Crippen molar-refractivity contribution in [3.8, 4) is 0 Å². The molecule has 5 nitrogen and oxygen atoms in total. The first-order chi connectivity index (χ1) is 11.5. The minimum absolute atomic E-state index is 0.327. The van der Waals surface area contributed by atoms with Gasteiger partial charge >= 0.3 is 6.18 Å².